The summed E-state index contributed by atoms with van der Waals surface area (Å²) in [4.78, 5) is 16.0. The van der Waals surface area contributed by atoms with E-state index in [9.17, 15) is 9.90 Å². The minimum atomic E-state index is -0.688. The van der Waals surface area contributed by atoms with Gasteiger partial charge in [-0.3, -0.25) is 9.69 Å². The summed E-state index contributed by atoms with van der Waals surface area (Å²) in [5, 5.41) is 10.4. The molecule has 0 saturated carbocycles. The zero-order valence-corrected chi connectivity index (χ0v) is 12.3. The number of carbonyl (C=O) groups excluding carboxylic acids is 1. The summed E-state index contributed by atoms with van der Waals surface area (Å²) in [5.41, 5.74) is 6.59. The number of nitrogens with two attached hydrogens (primary N) is 1. The second-order valence-corrected chi connectivity index (χ2v) is 5.88. The molecule has 5 heteroatoms. The van der Waals surface area contributed by atoms with Crippen molar-refractivity contribution in [2.24, 2.45) is 0 Å². The Kier molecular flexibility index (Phi) is 4.01. The molecule has 1 aromatic rings. The number of hydrogen-bond acceptors (Lipinski definition) is 4. The fraction of sp³-hybridized carbons (Fsp3) is 0.533. The van der Waals surface area contributed by atoms with Gasteiger partial charge in [-0.2, -0.15) is 0 Å². The van der Waals surface area contributed by atoms with Gasteiger partial charge in [0.25, 0.3) is 0 Å². The molecule has 1 saturated heterocycles. The number of anilines is 1. The van der Waals surface area contributed by atoms with E-state index in [0.29, 0.717) is 18.8 Å². The van der Waals surface area contributed by atoms with Gasteiger partial charge in [-0.15, -0.1) is 0 Å². The predicted octanol–water partition coefficient (Wildman–Crippen LogP) is 0.855. The van der Waals surface area contributed by atoms with Crippen LogP contribution in [-0.2, 0) is 4.79 Å². The molecule has 0 aromatic heterocycles. The van der Waals surface area contributed by atoms with E-state index in [1.807, 2.05) is 44.0 Å². The lowest BCUT2D eigenvalue weighted by Crippen LogP contribution is -2.62. The third-order valence-corrected chi connectivity index (χ3v) is 4.11. The standard InChI is InChI=1S/C15H23N3O2/c1-15(2)14(20)17(3)8-9-18(15)10-13(19)11-6-4-5-7-12(11)16/h4-7,13,19H,8-10,16H2,1-3H3. The summed E-state index contributed by atoms with van der Waals surface area (Å²) in [7, 11) is 1.81. The molecule has 1 atom stereocenters. The highest BCUT2D eigenvalue weighted by atomic mass is 16.3. The predicted molar refractivity (Wildman–Crippen MR) is 79.1 cm³/mol. The molecule has 110 valence electrons. The van der Waals surface area contributed by atoms with E-state index in [-0.39, 0.29) is 5.91 Å². The minimum absolute atomic E-state index is 0.0805. The Bertz CT molecular complexity index is 502. The third kappa shape index (κ3) is 2.64. The maximum atomic E-state index is 12.2. The van der Waals surface area contributed by atoms with Gasteiger partial charge in [-0.25, -0.2) is 0 Å². The lowest BCUT2D eigenvalue weighted by atomic mass is 9.96. The summed E-state index contributed by atoms with van der Waals surface area (Å²) in [6.45, 7) is 5.62. The summed E-state index contributed by atoms with van der Waals surface area (Å²) in [5.74, 6) is 0.0805. The lowest BCUT2D eigenvalue weighted by molar-refractivity contribution is -0.148. The maximum Gasteiger partial charge on any atom is 0.242 e. The van der Waals surface area contributed by atoms with E-state index in [4.69, 9.17) is 5.73 Å². The Hall–Kier alpha value is -1.59. The van der Waals surface area contributed by atoms with Crippen molar-refractivity contribution in [3.05, 3.63) is 29.8 Å². The molecular formula is C15H23N3O2. The number of nitrogens with zero attached hydrogens (tertiary/aromatic N) is 2. The average molecular weight is 277 g/mol. The van der Waals surface area contributed by atoms with Gasteiger partial charge in [0.15, 0.2) is 0 Å². The molecule has 0 spiro atoms. The van der Waals surface area contributed by atoms with Gasteiger partial charge in [-0.1, -0.05) is 18.2 Å². The molecule has 0 aliphatic carbocycles. The van der Waals surface area contributed by atoms with E-state index in [1.165, 1.54) is 0 Å². The Morgan fingerprint density at radius 3 is 2.65 bits per heavy atom. The first-order chi connectivity index (χ1) is 9.34. The van der Waals surface area contributed by atoms with Gasteiger partial charge in [-0.05, 0) is 19.9 Å². The Morgan fingerprint density at radius 1 is 1.35 bits per heavy atom. The molecule has 0 radical (unpaired) electrons. The highest BCUT2D eigenvalue weighted by Crippen LogP contribution is 2.27. The molecule has 1 aliphatic heterocycles. The number of aliphatic hydroxyl groups is 1. The van der Waals surface area contributed by atoms with E-state index in [2.05, 4.69) is 0 Å². The topological polar surface area (TPSA) is 69.8 Å². The van der Waals surface area contributed by atoms with Crippen LogP contribution in [0, 0.1) is 0 Å². The van der Waals surface area contributed by atoms with Crippen LogP contribution in [0.4, 0.5) is 5.69 Å². The molecule has 1 unspecified atom stereocenters. The van der Waals surface area contributed by atoms with Crippen LogP contribution in [0.2, 0.25) is 0 Å². The van der Waals surface area contributed by atoms with Gasteiger partial charge < -0.3 is 15.7 Å². The SMILES string of the molecule is CN1CCN(CC(O)c2ccccc2N)C(C)(C)C1=O. The largest absolute Gasteiger partial charge is 0.398 e. The van der Waals surface area contributed by atoms with Gasteiger partial charge in [0, 0.05) is 37.9 Å². The summed E-state index contributed by atoms with van der Waals surface area (Å²) < 4.78 is 0. The number of carbonyl (C=O) groups is 1. The summed E-state index contributed by atoms with van der Waals surface area (Å²) in [6, 6.07) is 7.30. The normalized spacial score (nSPS) is 21.0. The van der Waals surface area contributed by atoms with Crippen LogP contribution in [0.25, 0.3) is 0 Å². The number of likely N-dealkylation sites (N-methyl/N-ethyl adjacent to an activating group) is 1. The number of para-hydroxylation sites is 1. The van der Waals surface area contributed by atoms with Crippen LogP contribution in [-0.4, -0.2) is 53.0 Å². The average Bonchev–Trinajstić information content (AvgIpc) is 2.40. The van der Waals surface area contributed by atoms with E-state index >= 15 is 0 Å². The summed E-state index contributed by atoms with van der Waals surface area (Å²) in [6.07, 6.45) is -0.688. The fourth-order valence-electron chi connectivity index (χ4n) is 2.70. The second kappa shape index (κ2) is 5.42. The number of hydrogen-bond donors (Lipinski definition) is 2. The minimum Gasteiger partial charge on any atom is -0.398 e. The molecule has 20 heavy (non-hydrogen) atoms. The van der Waals surface area contributed by atoms with Crippen molar-refractivity contribution in [3.8, 4) is 0 Å². The Morgan fingerprint density at radius 2 is 2.00 bits per heavy atom. The monoisotopic (exact) mass is 277 g/mol. The number of amides is 1. The van der Waals surface area contributed by atoms with Crippen LogP contribution in [0.5, 0.6) is 0 Å². The van der Waals surface area contributed by atoms with Crippen LogP contribution in [0.15, 0.2) is 24.3 Å². The van der Waals surface area contributed by atoms with E-state index < -0.39 is 11.6 Å². The van der Waals surface area contributed by atoms with Crippen molar-refractivity contribution in [3.63, 3.8) is 0 Å². The first kappa shape index (κ1) is 14.8. The second-order valence-electron chi connectivity index (χ2n) is 5.88. The van der Waals surface area contributed by atoms with Crippen molar-refractivity contribution in [1.29, 1.82) is 0 Å². The Labute approximate surface area is 120 Å². The highest BCUT2D eigenvalue weighted by Gasteiger charge is 2.41. The molecule has 1 fully saturated rings. The molecule has 2 rings (SSSR count). The van der Waals surface area contributed by atoms with Crippen LogP contribution >= 0.6 is 0 Å². The van der Waals surface area contributed by atoms with Crippen molar-refractivity contribution in [2.45, 2.75) is 25.5 Å². The maximum absolute atomic E-state index is 12.2. The summed E-state index contributed by atoms with van der Waals surface area (Å²) >= 11 is 0. The molecule has 1 heterocycles. The van der Waals surface area contributed by atoms with Gasteiger partial charge in [0.05, 0.1) is 11.6 Å². The van der Waals surface area contributed by atoms with Crippen LogP contribution in [0.3, 0.4) is 0 Å². The molecule has 1 aromatic carbocycles. The molecule has 3 N–H and O–H groups in total. The number of aliphatic hydroxyl groups excluding tert-OH is 1. The van der Waals surface area contributed by atoms with Crippen molar-refractivity contribution in [2.75, 3.05) is 32.4 Å². The smallest absolute Gasteiger partial charge is 0.242 e. The van der Waals surface area contributed by atoms with Crippen LogP contribution in [0.1, 0.15) is 25.5 Å². The highest BCUT2D eigenvalue weighted by molar-refractivity contribution is 5.86. The molecule has 5 nitrogen and oxygen atoms in total. The van der Waals surface area contributed by atoms with Crippen molar-refractivity contribution >= 4 is 11.6 Å². The number of nitrogen functional groups attached to an aromatic ring is 1. The number of benzene rings is 1. The quantitative estimate of drug-likeness (QED) is 0.804. The first-order valence-electron chi connectivity index (χ1n) is 6.87. The van der Waals surface area contributed by atoms with E-state index in [1.54, 1.807) is 11.0 Å². The molecular weight excluding hydrogens is 254 g/mol. The van der Waals surface area contributed by atoms with E-state index in [0.717, 1.165) is 12.1 Å². The molecule has 1 aliphatic rings. The van der Waals surface area contributed by atoms with Gasteiger partial charge >= 0.3 is 0 Å². The molecule has 1 amide bonds. The zero-order chi connectivity index (χ0) is 14.9. The van der Waals surface area contributed by atoms with Gasteiger partial charge in [0.2, 0.25) is 5.91 Å². The number of rotatable bonds is 3. The lowest BCUT2D eigenvalue weighted by Gasteiger charge is -2.45. The number of piperazine rings is 1. The third-order valence-electron chi connectivity index (χ3n) is 4.11. The zero-order valence-electron chi connectivity index (χ0n) is 12.3. The van der Waals surface area contributed by atoms with Gasteiger partial charge in [0.1, 0.15) is 0 Å². The first-order valence-corrected chi connectivity index (χ1v) is 6.87. The van der Waals surface area contributed by atoms with Crippen LogP contribution < -0.4 is 5.73 Å². The van der Waals surface area contributed by atoms with Crippen molar-refractivity contribution in [1.82, 2.24) is 9.80 Å². The van der Waals surface area contributed by atoms with Crippen molar-refractivity contribution < 1.29 is 9.90 Å². The number of β-amino-alcohol motifs (C(OH)–C–C–N with tert-alkyl or cyclic N) is 1. The Balaban J connectivity index is 2.14. The fourth-order valence-corrected chi connectivity index (χ4v) is 2.70. The molecule has 0 bridgehead atoms.